The van der Waals surface area contributed by atoms with Crippen LogP contribution in [0.5, 0.6) is 0 Å². The second-order valence-electron chi connectivity index (χ2n) is 9.80. The zero-order chi connectivity index (χ0) is 27.7. The molecule has 7 nitrogen and oxygen atoms in total. The second kappa shape index (κ2) is 12.9. The van der Waals surface area contributed by atoms with Gasteiger partial charge in [0.1, 0.15) is 11.2 Å². The Hall–Kier alpha value is -4.10. The van der Waals surface area contributed by atoms with Gasteiger partial charge >= 0.3 is 5.97 Å². The van der Waals surface area contributed by atoms with Crippen molar-refractivity contribution in [2.45, 2.75) is 51.7 Å². The van der Waals surface area contributed by atoms with E-state index >= 15 is 0 Å². The van der Waals surface area contributed by atoms with Gasteiger partial charge in [-0.3, -0.25) is 14.9 Å². The third-order valence-electron chi connectivity index (χ3n) is 6.68. The molecule has 0 aromatic heterocycles. The van der Waals surface area contributed by atoms with Crippen molar-refractivity contribution < 1.29 is 19.2 Å². The molecule has 198 valence electrons. The molecule has 0 amide bonds. The molecule has 0 aliphatic carbocycles. The molecule has 0 aliphatic rings. The summed E-state index contributed by atoms with van der Waals surface area (Å²) in [7, 11) is 0. The predicted octanol–water partition coefficient (Wildman–Crippen LogP) is 6.09. The minimum atomic E-state index is -0.927. The number of benzene rings is 3. The molecule has 3 rings (SSSR count). The molecule has 0 spiro atoms. The predicted molar refractivity (Wildman–Crippen MR) is 149 cm³/mol. The van der Waals surface area contributed by atoms with E-state index in [9.17, 15) is 19.7 Å². The fourth-order valence-corrected chi connectivity index (χ4v) is 4.17. The molecule has 1 atom stereocenters. The highest BCUT2D eigenvalue weighted by Crippen LogP contribution is 2.28. The second-order valence-corrected chi connectivity index (χ2v) is 9.80. The Labute approximate surface area is 223 Å². The number of hydrogen-bond donors (Lipinski definition) is 1. The van der Waals surface area contributed by atoms with Crippen molar-refractivity contribution >= 4 is 23.5 Å². The molecular formula is C31H34N2O5. The lowest BCUT2D eigenvalue weighted by molar-refractivity contribution is -0.384. The molecule has 0 bridgehead atoms. The zero-order valence-corrected chi connectivity index (χ0v) is 22.2. The van der Waals surface area contributed by atoms with E-state index in [4.69, 9.17) is 4.74 Å². The number of ketones is 1. The van der Waals surface area contributed by atoms with Gasteiger partial charge < -0.3 is 10.1 Å². The number of nitro benzene ring substituents is 1. The molecule has 0 saturated carbocycles. The number of esters is 1. The number of hydrogen-bond acceptors (Lipinski definition) is 6. The van der Waals surface area contributed by atoms with Gasteiger partial charge in [0.05, 0.1) is 4.92 Å². The number of ether oxygens (including phenoxy) is 1. The van der Waals surface area contributed by atoms with Crippen LogP contribution in [0, 0.1) is 10.1 Å². The summed E-state index contributed by atoms with van der Waals surface area (Å²) < 4.78 is 5.78. The summed E-state index contributed by atoms with van der Waals surface area (Å²) >= 11 is 0. The average molecular weight is 515 g/mol. The highest BCUT2D eigenvalue weighted by Gasteiger charge is 2.32. The van der Waals surface area contributed by atoms with Crippen LogP contribution in [0.4, 0.5) is 5.69 Å². The number of nitrogens with zero attached hydrogens (tertiary/aromatic N) is 1. The topological polar surface area (TPSA) is 98.5 Å². The summed E-state index contributed by atoms with van der Waals surface area (Å²) in [6.07, 6.45) is 2.17. The van der Waals surface area contributed by atoms with Crippen LogP contribution >= 0.6 is 0 Å². The standard InChI is InChI=1S/C31H34N2O5/c1-22(34)29(21-24-12-11-17-27(20-24)33(36)37)30(35)38-31(3,4)23(2)32-19-18-28(25-13-7-5-8-14-25)26-15-9-6-10-16-26/h5-17,20-21,23,28,32H,18-19H2,1-4H3. The molecule has 0 aliphatic heterocycles. The maximum Gasteiger partial charge on any atom is 0.342 e. The maximum absolute atomic E-state index is 13.0. The lowest BCUT2D eigenvalue weighted by Gasteiger charge is -2.33. The molecule has 3 aromatic rings. The van der Waals surface area contributed by atoms with E-state index in [1.165, 1.54) is 42.3 Å². The number of non-ortho nitro benzene ring substituents is 1. The number of Topliss-reactive ketones (excluding diaryl/α,β-unsaturated/α-hetero) is 1. The highest BCUT2D eigenvalue weighted by molar-refractivity contribution is 6.19. The van der Waals surface area contributed by atoms with Crippen LogP contribution in [0.1, 0.15) is 56.7 Å². The first-order chi connectivity index (χ1) is 18.1. The Bertz CT molecular complexity index is 1250. The molecule has 0 saturated heterocycles. The van der Waals surface area contributed by atoms with Crippen LogP contribution in [0.15, 0.2) is 90.5 Å². The number of carbonyl (C=O) groups excluding carboxylic acids is 2. The Kier molecular flexibility index (Phi) is 9.68. The van der Waals surface area contributed by atoms with E-state index < -0.39 is 22.3 Å². The maximum atomic E-state index is 13.0. The molecule has 1 unspecified atom stereocenters. The van der Waals surface area contributed by atoms with Crippen molar-refractivity contribution in [1.82, 2.24) is 5.32 Å². The zero-order valence-electron chi connectivity index (χ0n) is 22.2. The molecule has 3 aromatic carbocycles. The number of rotatable bonds is 12. The van der Waals surface area contributed by atoms with Crippen molar-refractivity contribution in [3.63, 3.8) is 0 Å². The summed E-state index contributed by atoms with van der Waals surface area (Å²) in [4.78, 5) is 35.8. The SMILES string of the molecule is CC(=O)C(=Cc1cccc([N+](=O)[O-])c1)C(=O)OC(C)(C)C(C)NCCC(c1ccccc1)c1ccccc1. The Morgan fingerprint density at radius 3 is 2.08 bits per heavy atom. The molecule has 0 fully saturated rings. The Morgan fingerprint density at radius 1 is 0.974 bits per heavy atom. The smallest absolute Gasteiger partial charge is 0.342 e. The largest absolute Gasteiger partial charge is 0.454 e. The summed E-state index contributed by atoms with van der Waals surface area (Å²) in [5.74, 6) is -1.04. The fraction of sp³-hybridized carbons (Fsp3) is 0.290. The summed E-state index contributed by atoms with van der Waals surface area (Å²) in [5.41, 5.74) is 1.62. The molecule has 38 heavy (non-hydrogen) atoms. The van der Waals surface area contributed by atoms with Crippen LogP contribution in [-0.4, -0.2) is 34.9 Å². The van der Waals surface area contributed by atoms with Gasteiger partial charge in [0.15, 0.2) is 5.78 Å². The first kappa shape index (κ1) is 28.5. The van der Waals surface area contributed by atoms with Gasteiger partial charge in [-0.2, -0.15) is 0 Å². The Balaban J connectivity index is 1.68. The summed E-state index contributed by atoms with van der Waals surface area (Å²) in [6, 6.07) is 26.2. The molecule has 0 heterocycles. The molecule has 1 N–H and O–H groups in total. The molecular weight excluding hydrogens is 480 g/mol. The van der Waals surface area contributed by atoms with Gasteiger partial charge in [-0.1, -0.05) is 72.8 Å². The number of nitrogens with one attached hydrogen (secondary N) is 1. The van der Waals surface area contributed by atoms with Crippen LogP contribution < -0.4 is 5.32 Å². The first-order valence-electron chi connectivity index (χ1n) is 12.6. The van der Waals surface area contributed by atoms with Gasteiger partial charge in [0.25, 0.3) is 5.69 Å². The van der Waals surface area contributed by atoms with E-state index in [0.29, 0.717) is 12.1 Å². The average Bonchev–Trinajstić information content (AvgIpc) is 2.90. The minimum Gasteiger partial charge on any atom is -0.454 e. The third-order valence-corrected chi connectivity index (χ3v) is 6.68. The van der Waals surface area contributed by atoms with E-state index in [2.05, 4.69) is 29.6 Å². The number of carbonyl (C=O) groups is 2. The molecule has 0 radical (unpaired) electrons. The lowest BCUT2D eigenvalue weighted by atomic mass is 9.88. The molecule has 7 heteroatoms. The van der Waals surface area contributed by atoms with Gasteiger partial charge in [-0.25, -0.2) is 4.79 Å². The van der Waals surface area contributed by atoms with Crippen molar-refractivity contribution in [3.05, 3.63) is 117 Å². The van der Waals surface area contributed by atoms with Crippen molar-refractivity contribution in [3.8, 4) is 0 Å². The van der Waals surface area contributed by atoms with E-state index in [0.717, 1.165) is 6.42 Å². The minimum absolute atomic E-state index is 0.127. The van der Waals surface area contributed by atoms with Crippen molar-refractivity contribution in [2.75, 3.05) is 6.54 Å². The van der Waals surface area contributed by atoms with E-state index in [1.54, 1.807) is 19.9 Å². The van der Waals surface area contributed by atoms with Gasteiger partial charge in [0, 0.05) is 24.1 Å². The first-order valence-corrected chi connectivity index (χ1v) is 12.6. The summed E-state index contributed by atoms with van der Waals surface area (Å²) in [6.45, 7) is 7.47. The highest BCUT2D eigenvalue weighted by atomic mass is 16.6. The quantitative estimate of drug-likeness (QED) is 0.0784. The van der Waals surface area contributed by atoms with E-state index in [1.807, 2.05) is 43.3 Å². The fourth-order valence-electron chi connectivity index (χ4n) is 4.17. The Morgan fingerprint density at radius 2 is 1.55 bits per heavy atom. The normalized spacial score (nSPS) is 12.7. The third kappa shape index (κ3) is 7.70. The van der Waals surface area contributed by atoms with Crippen LogP contribution in [-0.2, 0) is 14.3 Å². The lowest BCUT2D eigenvalue weighted by Crippen LogP contribution is -2.48. The summed E-state index contributed by atoms with van der Waals surface area (Å²) in [5, 5.41) is 14.6. The number of nitro groups is 1. The van der Waals surface area contributed by atoms with Crippen LogP contribution in [0.2, 0.25) is 0 Å². The van der Waals surface area contributed by atoms with Gasteiger partial charge in [-0.05, 0) is 63.4 Å². The van der Waals surface area contributed by atoms with Gasteiger partial charge in [0.2, 0.25) is 0 Å². The van der Waals surface area contributed by atoms with E-state index in [-0.39, 0.29) is 23.2 Å². The van der Waals surface area contributed by atoms with Crippen molar-refractivity contribution in [2.24, 2.45) is 0 Å². The van der Waals surface area contributed by atoms with Gasteiger partial charge in [-0.15, -0.1) is 0 Å². The monoisotopic (exact) mass is 514 g/mol. The van der Waals surface area contributed by atoms with Crippen LogP contribution in [0.3, 0.4) is 0 Å². The van der Waals surface area contributed by atoms with Crippen LogP contribution in [0.25, 0.3) is 6.08 Å². The van der Waals surface area contributed by atoms with Crippen molar-refractivity contribution in [1.29, 1.82) is 0 Å².